The van der Waals surface area contributed by atoms with E-state index in [4.69, 9.17) is 15.9 Å². The van der Waals surface area contributed by atoms with Gasteiger partial charge in [-0.15, -0.1) is 0 Å². The molecule has 0 bridgehead atoms. The summed E-state index contributed by atoms with van der Waals surface area (Å²) in [4.78, 5) is 19.6. The Kier molecular flexibility index (Phi) is 6.73. The SMILES string of the molecule is N[C@@H](CC(=O)O)C(=O)O.[Mg+2]. The summed E-state index contributed by atoms with van der Waals surface area (Å²) in [5.41, 5.74) is 4.84. The molecule has 0 radical (unpaired) electrons. The van der Waals surface area contributed by atoms with E-state index in [1.54, 1.807) is 0 Å². The van der Waals surface area contributed by atoms with Crippen LogP contribution in [0.2, 0.25) is 0 Å². The van der Waals surface area contributed by atoms with Crippen LogP contribution < -0.4 is 5.73 Å². The van der Waals surface area contributed by atoms with Crippen molar-refractivity contribution >= 4 is 35.0 Å². The van der Waals surface area contributed by atoms with E-state index >= 15 is 0 Å². The van der Waals surface area contributed by atoms with E-state index in [1.807, 2.05) is 0 Å². The van der Waals surface area contributed by atoms with E-state index in [2.05, 4.69) is 0 Å². The van der Waals surface area contributed by atoms with Crippen molar-refractivity contribution in [2.45, 2.75) is 12.5 Å². The number of rotatable bonds is 3. The Hall–Kier alpha value is -0.334. The third-order valence-corrected chi connectivity index (χ3v) is 0.712. The van der Waals surface area contributed by atoms with Crippen LogP contribution in [0.1, 0.15) is 6.42 Å². The Bertz CT molecular complexity index is 137. The fourth-order valence-electron chi connectivity index (χ4n) is 0.275. The zero-order chi connectivity index (χ0) is 7.44. The standard InChI is InChI=1S/C4H7NO4.Mg/c5-2(4(8)9)1-3(6)7;/h2H,1,5H2,(H,6,7)(H,8,9);/q;+2/t2-;/m0./s1. The topological polar surface area (TPSA) is 101 Å². The van der Waals surface area contributed by atoms with Gasteiger partial charge in [0.25, 0.3) is 0 Å². The Morgan fingerprint density at radius 3 is 1.90 bits per heavy atom. The van der Waals surface area contributed by atoms with Gasteiger partial charge in [-0.2, -0.15) is 0 Å². The monoisotopic (exact) mass is 157 g/mol. The van der Waals surface area contributed by atoms with Crippen LogP contribution in [-0.4, -0.2) is 51.2 Å². The van der Waals surface area contributed by atoms with Crippen LogP contribution in [0, 0.1) is 0 Å². The molecule has 0 aromatic rings. The molecule has 1 atom stereocenters. The molecule has 0 fully saturated rings. The Balaban J connectivity index is 0. The van der Waals surface area contributed by atoms with Gasteiger partial charge in [0.15, 0.2) is 0 Å². The molecule has 0 aliphatic carbocycles. The summed E-state index contributed by atoms with van der Waals surface area (Å²) in [6.45, 7) is 0. The molecular formula is C4H7MgNO4+2. The van der Waals surface area contributed by atoms with Crippen molar-refractivity contribution < 1.29 is 19.8 Å². The summed E-state index contributed by atoms with van der Waals surface area (Å²) in [6, 6.07) is -1.29. The van der Waals surface area contributed by atoms with Crippen LogP contribution >= 0.6 is 0 Å². The Morgan fingerprint density at radius 1 is 1.40 bits per heavy atom. The molecule has 10 heavy (non-hydrogen) atoms. The van der Waals surface area contributed by atoms with Gasteiger partial charge in [0, 0.05) is 0 Å². The van der Waals surface area contributed by atoms with Crippen molar-refractivity contribution in [2.75, 3.05) is 0 Å². The molecule has 0 aliphatic heterocycles. The van der Waals surface area contributed by atoms with Gasteiger partial charge in [0.2, 0.25) is 0 Å². The van der Waals surface area contributed by atoms with Crippen LogP contribution in [0.25, 0.3) is 0 Å². The van der Waals surface area contributed by atoms with Crippen molar-refractivity contribution in [1.29, 1.82) is 0 Å². The van der Waals surface area contributed by atoms with Crippen LogP contribution in [0.15, 0.2) is 0 Å². The van der Waals surface area contributed by atoms with Gasteiger partial charge in [-0.25, -0.2) is 0 Å². The van der Waals surface area contributed by atoms with Crippen LogP contribution in [0.5, 0.6) is 0 Å². The zero-order valence-electron chi connectivity index (χ0n) is 5.28. The Morgan fingerprint density at radius 2 is 1.80 bits per heavy atom. The number of carbonyl (C=O) groups is 2. The number of carboxylic acid groups (broad SMARTS) is 2. The van der Waals surface area contributed by atoms with E-state index in [1.165, 1.54) is 0 Å². The molecule has 0 amide bonds. The second-order valence-electron chi connectivity index (χ2n) is 1.54. The molecule has 0 aromatic heterocycles. The maximum atomic E-state index is 9.85. The van der Waals surface area contributed by atoms with Crippen molar-refractivity contribution in [3.63, 3.8) is 0 Å². The van der Waals surface area contributed by atoms with Gasteiger partial charge in [-0.05, 0) is 0 Å². The summed E-state index contributed by atoms with van der Waals surface area (Å²) in [5.74, 6) is -2.50. The van der Waals surface area contributed by atoms with E-state index in [0.717, 1.165) is 0 Å². The van der Waals surface area contributed by atoms with E-state index in [0.29, 0.717) is 0 Å². The minimum atomic E-state index is -1.29. The van der Waals surface area contributed by atoms with Crippen LogP contribution in [-0.2, 0) is 9.59 Å². The third kappa shape index (κ3) is 5.80. The quantitative estimate of drug-likeness (QED) is 0.433. The summed E-state index contributed by atoms with van der Waals surface area (Å²) in [7, 11) is 0. The van der Waals surface area contributed by atoms with E-state index in [-0.39, 0.29) is 23.1 Å². The van der Waals surface area contributed by atoms with Crippen molar-refractivity contribution in [1.82, 2.24) is 0 Å². The van der Waals surface area contributed by atoms with Gasteiger partial charge in [-0.1, -0.05) is 0 Å². The molecule has 0 saturated carbocycles. The third-order valence-electron chi connectivity index (χ3n) is 0.712. The van der Waals surface area contributed by atoms with Crippen molar-refractivity contribution in [3.05, 3.63) is 0 Å². The largest absolute Gasteiger partial charge is 2.00 e. The molecule has 0 heterocycles. The first-order valence-electron chi connectivity index (χ1n) is 2.24. The molecule has 4 N–H and O–H groups in total. The number of carboxylic acids is 2. The molecule has 6 heteroatoms. The summed E-state index contributed by atoms with van der Waals surface area (Å²) < 4.78 is 0. The van der Waals surface area contributed by atoms with Crippen molar-refractivity contribution in [2.24, 2.45) is 5.73 Å². The molecule has 0 spiro atoms. The normalized spacial score (nSPS) is 11.3. The van der Waals surface area contributed by atoms with Gasteiger partial charge in [-0.3, -0.25) is 9.59 Å². The molecule has 0 aliphatic rings. The van der Waals surface area contributed by atoms with Gasteiger partial charge in [0.05, 0.1) is 6.42 Å². The summed E-state index contributed by atoms with van der Waals surface area (Å²) >= 11 is 0. The second-order valence-corrected chi connectivity index (χ2v) is 1.54. The molecule has 52 valence electrons. The number of hydrogen-bond acceptors (Lipinski definition) is 3. The first-order chi connectivity index (χ1) is 4.04. The average Bonchev–Trinajstić information content (AvgIpc) is 1.63. The van der Waals surface area contributed by atoms with E-state index < -0.39 is 24.4 Å². The zero-order valence-corrected chi connectivity index (χ0v) is 6.69. The smallest absolute Gasteiger partial charge is 0.481 e. The van der Waals surface area contributed by atoms with Crippen LogP contribution in [0.3, 0.4) is 0 Å². The number of aliphatic carboxylic acids is 2. The van der Waals surface area contributed by atoms with E-state index in [9.17, 15) is 9.59 Å². The first-order valence-corrected chi connectivity index (χ1v) is 2.24. The van der Waals surface area contributed by atoms with Crippen molar-refractivity contribution in [3.8, 4) is 0 Å². The Labute approximate surface area is 73.4 Å². The summed E-state index contributed by atoms with van der Waals surface area (Å²) in [6.07, 6.45) is -0.532. The first kappa shape index (κ1) is 12.4. The number of nitrogens with two attached hydrogens (primary N) is 1. The van der Waals surface area contributed by atoms with Gasteiger partial charge >= 0.3 is 35.0 Å². The van der Waals surface area contributed by atoms with Gasteiger partial charge in [0.1, 0.15) is 6.04 Å². The molecule has 0 aromatic carbocycles. The minimum Gasteiger partial charge on any atom is -0.481 e. The predicted octanol–water partition coefficient (Wildman–Crippen LogP) is -1.51. The maximum Gasteiger partial charge on any atom is 2.00 e. The average molecular weight is 157 g/mol. The molecule has 0 unspecified atom stereocenters. The fraction of sp³-hybridized carbons (Fsp3) is 0.500. The molecule has 5 nitrogen and oxygen atoms in total. The summed E-state index contributed by atoms with van der Waals surface area (Å²) in [5, 5.41) is 16.0. The molecule has 0 saturated heterocycles. The fourth-order valence-corrected chi connectivity index (χ4v) is 0.275. The minimum absolute atomic E-state index is 0. The predicted molar refractivity (Wildman–Crippen MR) is 33.6 cm³/mol. The van der Waals surface area contributed by atoms with Gasteiger partial charge < -0.3 is 15.9 Å². The second kappa shape index (κ2) is 5.45. The maximum absolute atomic E-state index is 9.85. The van der Waals surface area contributed by atoms with Crippen LogP contribution in [0.4, 0.5) is 0 Å². The molecular weight excluding hydrogens is 150 g/mol. The number of hydrogen-bond donors (Lipinski definition) is 3. The molecule has 0 rings (SSSR count).